The molecule has 0 spiro atoms. The zero-order valence-corrected chi connectivity index (χ0v) is 53.2. The Labute approximate surface area is 506 Å². The number of esters is 3. The smallest absolute Gasteiger partial charge is 0.306 e. The Balaban J connectivity index is 4.25. The molecule has 0 rings (SSSR count). The number of hydrogen-bond acceptors (Lipinski definition) is 6. The lowest BCUT2D eigenvalue weighted by Gasteiger charge is -2.18. The molecule has 0 saturated carbocycles. The lowest BCUT2D eigenvalue weighted by molar-refractivity contribution is -0.167. The molecule has 0 fully saturated rings. The van der Waals surface area contributed by atoms with Gasteiger partial charge >= 0.3 is 17.9 Å². The summed E-state index contributed by atoms with van der Waals surface area (Å²) < 4.78 is 16.9. The van der Waals surface area contributed by atoms with Crippen LogP contribution in [-0.4, -0.2) is 37.2 Å². The number of allylic oxidation sites excluding steroid dienone is 24. The Hall–Kier alpha value is -4.71. The van der Waals surface area contributed by atoms with Gasteiger partial charge in [-0.15, -0.1) is 0 Å². The third kappa shape index (κ3) is 66.1. The monoisotopic (exact) mass is 1130 g/mol. The minimum absolute atomic E-state index is 0.0943. The summed E-state index contributed by atoms with van der Waals surface area (Å²) in [6.45, 7) is 6.33. The van der Waals surface area contributed by atoms with Gasteiger partial charge in [0.1, 0.15) is 13.2 Å². The maximum Gasteiger partial charge on any atom is 0.306 e. The van der Waals surface area contributed by atoms with Crippen LogP contribution in [0, 0.1) is 0 Å². The molecule has 1 atom stereocenters. The molecule has 0 bridgehead atoms. The van der Waals surface area contributed by atoms with E-state index in [1.165, 1.54) is 96.3 Å². The first-order chi connectivity index (χ1) is 40.5. The predicted molar refractivity (Wildman–Crippen MR) is 357 cm³/mol. The third-order valence-corrected chi connectivity index (χ3v) is 14.0. The maximum atomic E-state index is 12.9. The van der Waals surface area contributed by atoms with Gasteiger partial charge in [-0.2, -0.15) is 0 Å². The Kier molecular flexibility index (Phi) is 64.8. The minimum atomic E-state index is -0.801. The van der Waals surface area contributed by atoms with Gasteiger partial charge in [0.15, 0.2) is 6.10 Å². The fourth-order valence-electron chi connectivity index (χ4n) is 9.06. The van der Waals surface area contributed by atoms with Gasteiger partial charge in [0.2, 0.25) is 0 Å². The predicted octanol–water partition coefficient (Wildman–Crippen LogP) is 23.5. The zero-order chi connectivity index (χ0) is 59.2. The number of hydrogen-bond donors (Lipinski definition) is 0. The SMILES string of the molecule is CC/C=C\C/C=C\C/C=C\C/C=C\C/C=C\C/C=C\CCCCCCC(=O)OC(COC(=O)CCCCCCC/C=C\CCC)COC(=O)CCCCCCCCCCCCCCCCC/C=C\C/C=C\C/C=C\C/C=C\C/C=C\CC. The van der Waals surface area contributed by atoms with Gasteiger partial charge in [-0.3, -0.25) is 14.4 Å². The fraction of sp³-hybridized carbons (Fsp3) is 0.645. The average Bonchev–Trinajstić information content (AvgIpc) is 3.47. The molecular formula is C76H124O6. The van der Waals surface area contributed by atoms with Gasteiger partial charge in [0, 0.05) is 19.3 Å². The van der Waals surface area contributed by atoms with E-state index in [1.807, 2.05) is 0 Å². The van der Waals surface area contributed by atoms with E-state index in [2.05, 4.69) is 167 Å². The summed E-state index contributed by atoms with van der Waals surface area (Å²) in [6.07, 6.45) is 98.8. The van der Waals surface area contributed by atoms with Crippen LogP contribution in [0.25, 0.3) is 0 Å². The van der Waals surface area contributed by atoms with Crippen molar-refractivity contribution in [3.63, 3.8) is 0 Å². The highest BCUT2D eigenvalue weighted by atomic mass is 16.6. The van der Waals surface area contributed by atoms with Crippen LogP contribution in [0.1, 0.15) is 297 Å². The van der Waals surface area contributed by atoms with Gasteiger partial charge in [-0.05, 0) is 135 Å². The van der Waals surface area contributed by atoms with Crippen molar-refractivity contribution in [1.82, 2.24) is 0 Å². The van der Waals surface area contributed by atoms with Gasteiger partial charge < -0.3 is 14.2 Å². The highest BCUT2D eigenvalue weighted by molar-refractivity contribution is 5.71. The minimum Gasteiger partial charge on any atom is -0.462 e. The lowest BCUT2D eigenvalue weighted by atomic mass is 10.0. The summed E-state index contributed by atoms with van der Waals surface area (Å²) in [7, 11) is 0. The Morgan fingerprint density at radius 1 is 0.256 bits per heavy atom. The second-order valence-electron chi connectivity index (χ2n) is 22.0. The number of unbranched alkanes of at least 4 members (excludes halogenated alkanes) is 25. The van der Waals surface area contributed by atoms with E-state index in [-0.39, 0.29) is 31.1 Å². The van der Waals surface area contributed by atoms with Crippen LogP contribution < -0.4 is 0 Å². The molecule has 6 nitrogen and oxygen atoms in total. The number of carbonyl (C=O) groups excluding carboxylic acids is 3. The topological polar surface area (TPSA) is 78.9 Å². The van der Waals surface area contributed by atoms with Crippen molar-refractivity contribution < 1.29 is 28.6 Å². The highest BCUT2D eigenvalue weighted by Crippen LogP contribution is 2.16. The summed E-state index contributed by atoms with van der Waals surface area (Å²) in [4.78, 5) is 38.3. The average molecular weight is 1130 g/mol. The van der Waals surface area contributed by atoms with Crippen LogP contribution in [0.4, 0.5) is 0 Å². The standard InChI is InChI=1S/C76H124O6/c1-4-7-10-13-16-19-22-24-26-28-30-32-34-35-36-37-38-39-40-41-43-44-46-48-50-52-54-57-60-63-66-69-75(78)81-72-73(71-80-74(77)68-65-62-59-56-21-18-15-12-9-6-3)82-76(79)70-67-64-61-58-55-53-51-49-47-45-42-33-31-29-27-25-23-20-17-14-11-8-5-2/h7-8,10-12,15-17,19-20,24-27,30-33,35-36,45,47,51,53,73H,4-6,9,13-14,18,21-23,28-29,34,37-44,46,48-50,52,54-72H2,1-3H3/b10-7-,11-8-,15-12-,19-16-,20-17-,26-24-,27-25-,32-30-,33-31-,36-35-,47-45-,53-51-. The zero-order valence-electron chi connectivity index (χ0n) is 53.2. The molecule has 0 amide bonds. The second kappa shape index (κ2) is 68.8. The first kappa shape index (κ1) is 77.3. The fourth-order valence-corrected chi connectivity index (χ4v) is 9.06. The van der Waals surface area contributed by atoms with Crippen LogP contribution in [0.3, 0.4) is 0 Å². The van der Waals surface area contributed by atoms with Crippen molar-refractivity contribution in [2.24, 2.45) is 0 Å². The van der Waals surface area contributed by atoms with Crippen LogP contribution in [0.5, 0.6) is 0 Å². The normalized spacial score (nSPS) is 13.1. The molecule has 0 aliphatic heterocycles. The number of ether oxygens (including phenoxy) is 3. The van der Waals surface area contributed by atoms with Gasteiger partial charge in [-0.25, -0.2) is 0 Å². The molecule has 0 aliphatic rings. The van der Waals surface area contributed by atoms with E-state index in [9.17, 15) is 14.4 Å². The quantitative estimate of drug-likeness (QED) is 0.0261. The van der Waals surface area contributed by atoms with Crippen molar-refractivity contribution in [3.8, 4) is 0 Å². The largest absolute Gasteiger partial charge is 0.462 e. The lowest BCUT2D eigenvalue weighted by Crippen LogP contribution is -2.30. The van der Waals surface area contributed by atoms with Gasteiger partial charge in [-0.1, -0.05) is 289 Å². The molecule has 0 N–H and O–H groups in total. The van der Waals surface area contributed by atoms with Crippen LogP contribution >= 0.6 is 0 Å². The number of rotatable bonds is 60. The molecule has 0 aromatic heterocycles. The van der Waals surface area contributed by atoms with Gasteiger partial charge in [0.05, 0.1) is 0 Å². The molecule has 1 unspecified atom stereocenters. The Morgan fingerprint density at radius 3 is 0.756 bits per heavy atom. The van der Waals surface area contributed by atoms with Crippen molar-refractivity contribution in [2.45, 2.75) is 303 Å². The van der Waals surface area contributed by atoms with E-state index in [4.69, 9.17) is 14.2 Å². The van der Waals surface area contributed by atoms with Crippen molar-refractivity contribution in [3.05, 3.63) is 146 Å². The molecule has 0 aliphatic carbocycles. The summed E-state index contributed by atoms with van der Waals surface area (Å²) in [5.74, 6) is -0.928. The molecule has 464 valence electrons. The maximum absolute atomic E-state index is 12.9. The summed E-state index contributed by atoms with van der Waals surface area (Å²) in [6, 6.07) is 0. The van der Waals surface area contributed by atoms with Crippen LogP contribution in [-0.2, 0) is 28.6 Å². The molecule has 0 radical (unpaired) electrons. The summed E-state index contributed by atoms with van der Waals surface area (Å²) in [5.41, 5.74) is 0. The molecule has 0 aromatic carbocycles. The van der Waals surface area contributed by atoms with Crippen molar-refractivity contribution in [1.29, 1.82) is 0 Å². The van der Waals surface area contributed by atoms with E-state index in [0.29, 0.717) is 19.3 Å². The molecule has 0 aromatic rings. The Bertz CT molecular complexity index is 1780. The van der Waals surface area contributed by atoms with E-state index in [1.54, 1.807) is 0 Å². The van der Waals surface area contributed by atoms with E-state index < -0.39 is 6.10 Å². The van der Waals surface area contributed by atoms with Crippen molar-refractivity contribution in [2.75, 3.05) is 13.2 Å². The molecule has 0 saturated heterocycles. The number of carbonyl (C=O) groups is 3. The van der Waals surface area contributed by atoms with Crippen molar-refractivity contribution >= 4 is 17.9 Å². The van der Waals surface area contributed by atoms with E-state index in [0.717, 1.165) is 161 Å². The van der Waals surface area contributed by atoms with Gasteiger partial charge in [0.25, 0.3) is 0 Å². The van der Waals surface area contributed by atoms with Crippen LogP contribution in [0.2, 0.25) is 0 Å². The Morgan fingerprint density at radius 2 is 0.476 bits per heavy atom. The molecule has 6 heteroatoms. The molecule has 82 heavy (non-hydrogen) atoms. The van der Waals surface area contributed by atoms with E-state index >= 15 is 0 Å². The molecule has 0 heterocycles. The van der Waals surface area contributed by atoms with Crippen LogP contribution in [0.15, 0.2) is 146 Å². The molecular weight excluding hydrogens is 1010 g/mol. The first-order valence-corrected chi connectivity index (χ1v) is 33.8. The summed E-state index contributed by atoms with van der Waals surface area (Å²) >= 11 is 0. The third-order valence-electron chi connectivity index (χ3n) is 14.0. The highest BCUT2D eigenvalue weighted by Gasteiger charge is 2.19. The first-order valence-electron chi connectivity index (χ1n) is 33.8. The summed E-state index contributed by atoms with van der Waals surface area (Å²) in [5, 5.41) is 0. The second-order valence-corrected chi connectivity index (χ2v) is 22.0.